The molecule has 0 saturated heterocycles. The molecule has 1 N–H and O–H groups in total. The van der Waals surface area contributed by atoms with Gasteiger partial charge in [0.05, 0.1) is 6.10 Å². The van der Waals surface area contributed by atoms with Gasteiger partial charge in [-0.2, -0.15) is 20.5 Å². The van der Waals surface area contributed by atoms with Gasteiger partial charge in [0.1, 0.15) is 5.75 Å². The van der Waals surface area contributed by atoms with Crippen LogP contribution in [0.25, 0.3) is 0 Å². The second-order valence-corrected chi connectivity index (χ2v) is 5.14. The summed E-state index contributed by atoms with van der Waals surface area (Å²) < 4.78 is 28.1. The van der Waals surface area contributed by atoms with Gasteiger partial charge < -0.3 is 9.84 Å². The van der Waals surface area contributed by atoms with Crippen molar-refractivity contribution in [3.63, 3.8) is 0 Å². The maximum absolute atomic E-state index is 11.9. The van der Waals surface area contributed by atoms with Gasteiger partial charge in [-0.15, -0.1) is 0 Å². The van der Waals surface area contributed by atoms with Crippen LogP contribution in [0.15, 0.2) is 24.3 Å². The zero-order valence-electron chi connectivity index (χ0n) is 9.77. The maximum atomic E-state index is 11.9. The Hall–Kier alpha value is -0.810. The first kappa shape index (κ1) is 14.3. The minimum atomic E-state index is -2.79. The Morgan fingerprint density at radius 3 is 2.29 bits per heavy atom. The first-order chi connectivity index (χ1) is 7.99. The first-order valence-electron chi connectivity index (χ1n) is 5.32. The van der Waals surface area contributed by atoms with Crippen LogP contribution in [-0.2, 0) is 5.75 Å². The summed E-state index contributed by atoms with van der Waals surface area (Å²) in [4.78, 5) is 0. The summed E-state index contributed by atoms with van der Waals surface area (Å²) in [5.74, 6) is 0.901. The molecule has 0 aliphatic rings. The van der Waals surface area contributed by atoms with E-state index in [0.717, 1.165) is 11.3 Å². The predicted molar refractivity (Wildman–Crippen MR) is 65.5 cm³/mol. The number of ether oxygens (including phenoxy) is 1. The normalized spacial score (nSPS) is 14.7. The SMILES string of the molecule is C[C@@H](O)[C@@H](C)SCc1ccc(OC(F)F)cc1. The number of benzene rings is 1. The van der Waals surface area contributed by atoms with E-state index in [1.165, 1.54) is 12.1 Å². The molecule has 0 amide bonds. The van der Waals surface area contributed by atoms with Crippen molar-refractivity contribution in [2.45, 2.75) is 37.6 Å². The number of aliphatic hydroxyl groups is 1. The third kappa shape index (κ3) is 5.37. The average molecular weight is 262 g/mol. The van der Waals surface area contributed by atoms with Gasteiger partial charge >= 0.3 is 6.61 Å². The standard InChI is InChI=1S/C12H16F2O2S/c1-8(15)9(2)17-7-10-3-5-11(6-4-10)16-12(13)14/h3-6,8-9,12,15H,7H2,1-2H3/t8-,9-/m1/s1. The van der Waals surface area contributed by atoms with Crippen LogP contribution in [0.2, 0.25) is 0 Å². The summed E-state index contributed by atoms with van der Waals surface area (Å²) in [6, 6.07) is 6.54. The van der Waals surface area contributed by atoms with Crippen molar-refractivity contribution < 1.29 is 18.6 Å². The van der Waals surface area contributed by atoms with E-state index in [-0.39, 0.29) is 17.1 Å². The van der Waals surface area contributed by atoms with Crippen LogP contribution < -0.4 is 4.74 Å². The molecule has 5 heteroatoms. The van der Waals surface area contributed by atoms with Crippen molar-refractivity contribution in [2.75, 3.05) is 0 Å². The number of halogens is 2. The van der Waals surface area contributed by atoms with Crippen molar-refractivity contribution in [1.82, 2.24) is 0 Å². The van der Waals surface area contributed by atoms with Crippen molar-refractivity contribution in [2.24, 2.45) is 0 Å². The molecule has 0 aromatic heterocycles. The molecule has 1 rings (SSSR count). The Bertz CT molecular complexity index is 328. The lowest BCUT2D eigenvalue weighted by Gasteiger charge is -2.14. The number of aliphatic hydroxyl groups excluding tert-OH is 1. The molecule has 0 spiro atoms. The highest BCUT2D eigenvalue weighted by molar-refractivity contribution is 7.99. The van der Waals surface area contributed by atoms with Gasteiger partial charge in [0.15, 0.2) is 0 Å². The van der Waals surface area contributed by atoms with Gasteiger partial charge in [0, 0.05) is 11.0 Å². The maximum Gasteiger partial charge on any atom is 0.387 e. The average Bonchev–Trinajstić information content (AvgIpc) is 2.26. The number of hydrogen-bond donors (Lipinski definition) is 1. The predicted octanol–water partition coefficient (Wildman–Crippen LogP) is 3.29. The molecule has 0 fully saturated rings. The molecule has 1 aromatic carbocycles. The topological polar surface area (TPSA) is 29.5 Å². The van der Waals surface area contributed by atoms with E-state index >= 15 is 0 Å². The highest BCUT2D eigenvalue weighted by atomic mass is 32.2. The molecule has 17 heavy (non-hydrogen) atoms. The Balaban J connectivity index is 2.45. The van der Waals surface area contributed by atoms with Crippen LogP contribution in [0.1, 0.15) is 19.4 Å². The lowest BCUT2D eigenvalue weighted by atomic mass is 10.2. The van der Waals surface area contributed by atoms with Crippen LogP contribution in [-0.4, -0.2) is 23.1 Å². The van der Waals surface area contributed by atoms with Crippen molar-refractivity contribution >= 4 is 11.8 Å². The van der Waals surface area contributed by atoms with E-state index in [4.69, 9.17) is 0 Å². The number of alkyl halides is 2. The fourth-order valence-corrected chi connectivity index (χ4v) is 2.06. The number of rotatable bonds is 6. The van der Waals surface area contributed by atoms with Crippen molar-refractivity contribution in [1.29, 1.82) is 0 Å². The third-order valence-electron chi connectivity index (χ3n) is 2.34. The van der Waals surface area contributed by atoms with Gasteiger partial charge in [-0.05, 0) is 24.6 Å². The quantitative estimate of drug-likeness (QED) is 0.853. The molecule has 0 aliphatic heterocycles. The molecule has 0 unspecified atom stereocenters. The third-order valence-corrected chi connectivity index (χ3v) is 3.76. The lowest BCUT2D eigenvalue weighted by Crippen LogP contribution is -2.15. The molecule has 0 bridgehead atoms. The fraction of sp³-hybridized carbons (Fsp3) is 0.500. The molecule has 0 heterocycles. The summed E-state index contributed by atoms with van der Waals surface area (Å²) >= 11 is 1.62. The Morgan fingerprint density at radius 1 is 1.24 bits per heavy atom. The summed E-state index contributed by atoms with van der Waals surface area (Å²) in [6.07, 6.45) is -0.360. The zero-order valence-corrected chi connectivity index (χ0v) is 10.6. The van der Waals surface area contributed by atoms with E-state index in [9.17, 15) is 13.9 Å². The van der Waals surface area contributed by atoms with E-state index in [1.807, 2.05) is 6.92 Å². The second kappa shape index (κ2) is 6.81. The number of hydrogen-bond acceptors (Lipinski definition) is 3. The Morgan fingerprint density at radius 2 is 1.82 bits per heavy atom. The molecular weight excluding hydrogens is 246 g/mol. The van der Waals surface area contributed by atoms with E-state index in [0.29, 0.717) is 0 Å². The molecule has 2 nitrogen and oxygen atoms in total. The smallest absolute Gasteiger partial charge is 0.387 e. The van der Waals surface area contributed by atoms with Gasteiger partial charge in [-0.3, -0.25) is 0 Å². The molecule has 0 radical (unpaired) electrons. The van der Waals surface area contributed by atoms with Gasteiger partial charge in [-0.25, -0.2) is 0 Å². The summed E-state index contributed by atoms with van der Waals surface area (Å²) in [7, 11) is 0. The monoisotopic (exact) mass is 262 g/mol. The second-order valence-electron chi connectivity index (χ2n) is 3.78. The largest absolute Gasteiger partial charge is 0.435 e. The van der Waals surface area contributed by atoms with Gasteiger partial charge in [-0.1, -0.05) is 19.1 Å². The summed E-state index contributed by atoms with van der Waals surface area (Å²) in [5.41, 5.74) is 1.02. The van der Waals surface area contributed by atoms with Crippen LogP contribution >= 0.6 is 11.8 Å². The van der Waals surface area contributed by atoms with Crippen LogP contribution in [0.4, 0.5) is 8.78 Å². The first-order valence-corrected chi connectivity index (χ1v) is 6.37. The zero-order chi connectivity index (χ0) is 12.8. The van der Waals surface area contributed by atoms with Crippen molar-refractivity contribution in [3.05, 3.63) is 29.8 Å². The molecule has 2 atom stereocenters. The van der Waals surface area contributed by atoms with E-state index in [1.54, 1.807) is 30.8 Å². The molecule has 1 aromatic rings. The Labute approximate surface area is 104 Å². The fourth-order valence-electron chi connectivity index (χ4n) is 1.13. The van der Waals surface area contributed by atoms with Crippen molar-refractivity contribution in [3.8, 4) is 5.75 Å². The molecule has 96 valence electrons. The Kier molecular flexibility index (Phi) is 5.71. The molecular formula is C12H16F2O2S. The van der Waals surface area contributed by atoms with E-state index < -0.39 is 6.61 Å². The lowest BCUT2D eigenvalue weighted by molar-refractivity contribution is -0.0498. The van der Waals surface area contributed by atoms with Gasteiger partial charge in [0.25, 0.3) is 0 Å². The van der Waals surface area contributed by atoms with Crippen LogP contribution in [0.5, 0.6) is 5.75 Å². The summed E-state index contributed by atoms with van der Waals surface area (Å²) in [6.45, 7) is 0.909. The summed E-state index contributed by atoms with van der Waals surface area (Å²) in [5, 5.41) is 9.46. The van der Waals surface area contributed by atoms with Crippen LogP contribution in [0, 0.1) is 0 Å². The van der Waals surface area contributed by atoms with Gasteiger partial charge in [0.2, 0.25) is 0 Å². The van der Waals surface area contributed by atoms with E-state index in [2.05, 4.69) is 4.74 Å². The van der Waals surface area contributed by atoms with Crippen LogP contribution in [0.3, 0.4) is 0 Å². The highest BCUT2D eigenvalue weighted by Gasteiger charge is 2.09. The minimum Gasteiger partial charge on any atom is -0.435 e. The molecule has 0 aliphatic carbocycles. The molecule has 0 saturated carbocycles. The highest BCUT2D eigenvalue weighted by Crippen LogP contribution is 2.22. The number of thioether (sulfide) groups is 1. The minimum absolute atomic E-state index is 0.145.